The van der Waals surface area contributed by atoms with Gasteiger partial charge in [-0.25, -0.2) is 9.59 Å². The molecule has 138 valence electrons. The molecule has 1 amide bonds. The first kappa shape index (κ1) is 19.2. The molecule has 8 nitrogen and oxygen atoms in total. The van der Waals surface area contributed by atoms with Gasteiger partial charge in [-0.2, -0.15) is 0 Å². The van der Waals surface area contributed by atoms with Crippen LogP contribution in [0.15, 0.2) is 30.4 Å². The molecule has 8 heteroatoms. The molecule has 0 saturated heterocycles. The summed E-state index contributed by atoms with van der Waals surface area (Å²) >= 11 is 0. The van der Waals surface area contributed by atoms with Gasteiger partial charge >= 0.3 is 11.9 Å². The van der Waals surface area contributed by atoms with Crippen LogP contribution in [0.3, 0.4) is 0 Å². The zero-order valence-corrected chi connectivity index (χ0v) is 14.3. The van der Waals surface area contributed by atoms with Gasteiger partial charge in [0.05, 0.1) is 37.0 Å². The minimum absolute atomic E-state index is 0.0323. The van der Waals surface area contributed by atoms with Crippen molar-refractivity contribution in [3.8, 4) is 0 Å². The van der Waals surface area contributed by atoms with E-state index < -0.39 is 35.7 Å². The molecule has 0 unspecified atom stereocenters. The lowest BCUT2D eigenvalue weighted by molar-refractivity contribution is -0.313. The summed E-state index contributed by atoms with van der Waals surface area (Å²) in [6, 6.07) is 3.97. The number of carboxylic acids is 1. The number of allylic oxidation sites excluding steroid dienone is 2. The molecule has 1 aromatic carbocycles. The van der Waals surface area contributed by atoms with Gasteiger partial charge in [-0.15, -0.1) is 0 Å². The third kappa shape index (κ3) is 4.08. The second kappa shape index (κ2) is 8.28. The number of rotatable bonds is 5. The first-order valence-corrected chi connectivity index (χ1v) is 7.86. The summed E-state index contributed by atoms with van der Waals surface area (Å²) in [4.78, 5) is 47.5. The molecule has 0 bridgehead atoms. The second-order valence-corrected chi connectivity index (χ2v) is 5.71. The van der Waals surface area contributed by atoms with Gasteiger partial charge in [-0.3, -0.25) is 4.79 Å². The highest BCUT2D eigenvalue weighted by Crippen LogP contribution is 2.28. The highest BCUT2D eigenvalue weighted by atomic mass is 16.5. The Hall–Kier alpha value is -3.16. The minimum atomic E-state index is -1.31. The lowest BCUT2D eigenvalue weighted by Crippen LogP contribution is -2.41. The summed E-state index contributed by atoms with van der Waals surface area (Å²) in [5.41, 5.74) is 0.191. The average Bonchev–Trinajstić information content (AvgIpc) is 2.66. The molecule has 1 aliphatic carbocycles. The number of hydrogen-bond donors (Lipinski definition) is 1. The molecule has 0 radical (unpaired) electrons. The number of carbonyl (C=O) groups is 4. The fraction of sp³-hybridized carbons (Fsp3) is 0.333. The Balaban J connectivity index is 2.34. The molecule has 0 aromatic heterocycles. The summed E-state index contributed by atoms with van der Waals surface area (Å²) in [6.45, 7) is 0. The topological polar surface area (TPSA) is 122 Å². The van der Waals surface area contributed by atoms with Crippen molar-refractivity contribution >= 4 is 29.5 Å². The maximum absolute atomic E-state index is 12.6. The predicted molar refractivity (Wildman–Crippen MR) is 88.1 cm³/mol. The number of benzene rings is 1. The maximum Gasteiger partial charge on any atom is 0.339 e. The van der Waals surface area contributed by atoms with E-state index in [1.807, 2.05) is 0 Å². The number of amides is 1. The molecule has 0 saturated carbocycles. The number of hydrogen-bond acceptors (Lipinski definition) is 7. The van der Waals surface area contributed by atoms with Crippen LogP contribution < -0.4 is 10.4 Å². The van der Waals surface area contributed by atoms with Gasteiger partial charge in [0.2, 0.25) is 5.91 Å². The van der Waals surface area contributed by atoms with E-state index in [2.05, 4.69) is 14.8 Å². The number of anilines is 1. The first-order valence-electron chi connectivity index (χ1n) is 7.86. The lowest BCUT2D eigenvalue weighted by atomic mass is 9.82. The van der Waals surface area contributed by atoms with Crippen molar-refractivity contribution in [1.82, 2.24) is 0 Å². The summed E-state index contributed by atoms with van der Waals surface area (Å²) < 4.78 is 9.29. The van der Waals surface area contributed by atoms with Gasteiger partial charge < -0.3 is 24.7 Å². The molecule has 0 heterocycles. The van der Waals surface area contributed by atoms with Crippen molar-refractivity contribution in [3.63, 3.8) is 0 Å². The molecule has 1 aliphatic rings. The largest absolute Gasteiger partial charge is 0.550 e. The first-order chi connectivity index (χ1) is 12.4. The van der Waals surface area contributed by atoms with E-state index in [4.69, 9.17) is 0 Å². The highest BCUT2D eigenvalue weighted by molar-refractivity contribution is 6.04. The Bertz CT molecular complexity index is 769. The SMILES string of the molecule is COC(=O)c1ccc(C(=O)OC)c(NC(=O)[C@@H]2CC=CC[C@@H]2C(=O)[O-])c1. The Kier molecular flexibility index (Phi) is 6.11. The van der Waals surface area contributed by atoms with Crippen molar-refractivity contribution in [3.05, 3.63) is 41.5 Å². The van der Waals surface area contributed by atoms with Crippen LogP contribution in [0.1, 0.15) is 33.6 Å². The molecule has 1 N–H and O–H groups in total. The van der Waals surface area contributed by atoms with Crippen LogP contribution in [-0.2, 0) is 19.1 Å². The van der Waals surface area contributed by atoms with E-state index in [0.717, 1.165) is 0 Å². The second-order valence-electron chi connectivity index (χ2n) is 5.71. The van der Waals surface area contributed by atoms with Crippen LogP contribution in [0.2, 0.25) is 0 Å². The van der Waals surface area contributed by atoms with Crippen molar-refractivity contribution in [2.75, 3.05) is 19.5 Å². The van der Waals surface area contributed by atoms with Crippen LogP contribution in [0.5, 0.6) is 0 Å². The molecule has 2 rings (SSSR count). The zero-order chi connectivity index (χ0) is 19.3. The van der Waals surface area contributed by atoms with Crippen LogP contribution in [0.4, 0.5) is 5.69 Å². The molecular formula is C18H18NO7-. The van der Waals surface area contributed by atoms with E-state index in [9.17, 15) is 24.3 Å². The number of esters is 2. The van der Waals surface area contributed by atoms with Gasteiger partial charge in [0.1, 0.15) is 0 Å². The van der Waals surface area contributed by atoms with Crippen molar-refractivity contribution in [2.45, 2.75) is 12.8 Å². The van der Waals surface area contributed by atoms with E-state index >= 15 is 0 Å². The van der Waals surface area contributed by atoms with E-state index in [1.54, 1.807) is 12.2 Å². The molecule has 0 aliphatic heterocycles. The number of nitrogens with one attached hydrogen (secondary N) is 1. The summed E-state index contributed by atoms with van der Waals surface area (Å²) in [5.74, 6) is -5.08. The Morgan fingerprint density at radius 1 is 1.00 bits per heavy atom. The number of carbonyl (C=O) groups excluding carboxylic acids is 4. The van der Waals surface area contributed by atoms with Crippen molar-refractivity contribution < 1.29 is 33.8 Å². The smallest absolute Gasteiger partial charge is 0.339 e. The van der Waals surface area contributed by atoms with Crippen LogP contribution in [0.25, 0.3) is 0 Å². The summed E-state index contributed by atoms with van der Waals surface area (Å²) in [7, 11) is 2.38. The standard InChI is InChI=1S/C18H19NO7/c1-25-17(23)10-7-8-13(18(24)26-2)14(9-10)19-15(20)11-5-3-4-6-12(11)16(21)22/h3-4,7-9,11-12H,5-6H2,1-2H3,(H,19,20)(H,21,22)/p-1/t11-,12+/m1/s1. The van der Waals surface area contributed by atoms with Gasteiger partial charge in [0.15, 0.2) is 0 Å². The van der Waals surface area contributed by atoms with E-state index in [-0.39, 0.29) is 29.7 Å². The third-order valence-electron chi connectivity index (χ3n) is 4.18. The molecule has 26 heavy (non-hydrogen) atoms. The predicted octanol–water partition coefficient (Wildman–Crippen LogP) is 0.531. The maximum atomic E-state index is 12.6. The van der Waals surface area contributed by atoms with Crippen molar-refractivity contribution in [1.29, 1.82) is 0 Å². The van der Waals surface area contributed by atoms with E-state index in [1.165, 1.54) is 32.4 Å². The number of methoxy groups -OCH3 is 2. The highest BCUT2D eigenvalue weighted by Gasteiger charge is 2.30. The zero-order valence-electron chi connectivity index (χ0n) is 14.3. The monoisotopic (exact) mass is 360 g/mol. The fourth-order valence-corrected chi connectivity index (χ4v) is 2.77. The third-order valence-corrected chi connectivity index (χ3v) is 4.18. The Morgan fingerprint density at radius 2 is 1.62 bits per heavy atom. The summed E-state index contributed by atoms with van der Waals surface area (Å²) in [6.07, 6.45) is 3.82. The molecule has 0 spiro atoms. The average molecular weight is 360 g/mol. The Labute approximate surface area is 149 Å². The quantitative estimate of drug-likeness (QED) is 0.600. The van der Waals surface area contributed by atoms with Crippen molar-refractivity contribution in [2.24, 2.45) is 11.8 Å². The van der Waals surface area contributed by atoms with Crippen LogP contribution >= 0.6 is 0 Å². The fourth-order valence-electron chi connectivity index (χ4n) is 2.77. The summed E-state index contributed by atoms with van der Waals surface area (Å²) in [5, 5.41) is 13.8. The minimum Gasteiger partial charge on any atom is -0.550 e. The number of aliphatic carboxylic acids is 1. The molecule has 1 aromatic rings. The van der Waals surface area contributed by atoms with Crippen LogP contribution in [0, 0.1) is 11.8 Å². The van der Waals surface area contributed by atoms with Gasteiger partial charge in [-0.05, 0) is 31.0 Å². The number of carboxylic acid groups (broad SMARTS) is 1. The molecule has 0 fully saturated rings. The molecule has 2 atom stereocenters. The van der Waals surface area contributed by atoms with Gasteiger partial charge in [0, 0.05) is 11.9 Å². The van der Waals surface area contributed by atoms with E-state index in [0.29, 0.717) is 0 Å². The van der Waals surface area contributed by atoms with Crippen LogP contribution in [-0.4, -0.2) is 38.0 Å². The Morgan fingerprint density at radius 3 is 2.19 bits per heavy atom. The normalized spacial score (nSPS) is 18.7. The molecular weight excluding hydrogens is 342 g/mol. The lowest BCUT2D eigenvalue weighted by Gasteiger charge is -2.28. The van der Waals surface area contributed by atoms with Gasteiger partial charge in [0.25, 0.3) is 0 Å². The van der Waals surface area contributed by atoms with Gasteiger partial charge in [-0.1, -0.05) is 12.2 Å². The number of ether oxygens (including phenoxy) is 2.